The number of nitrogens with zero attached hydrogens (tertiary/aromatic N) is 2. The molecule has 0 amide bonds. The van der Waals surface area contributed by atoms with Crippen LogP contribution in [0.5, 0.6) is 0 Å². The molecule has 140 valence electrons. The van der Waals surface area contributed by atoms with Crippen LogP contribution >= 0.6 is 23.1 Å². The zero-order valence-corrected chi connectivity index (χ0v) is 16.1. The second kappa shape index (κ2) is 8.47. The van der Waals surface area contributed by atoms with Crippen LogP contribution in [0.2, 0.25) is 0 Å². The van der Waals surface area contributed by atoms with Crippen molar-refractivity contribution >= 4 is 45.0 Å². The first-order valence-electron chi connectivity index (χ1n) is 8.58. The normalized spacial score (nSPS) is 12.3. The lowest BCUT2D eigenvalue weighted by Crippen LogP contribution is -2.21. The fraction of sp³-hybridized carbons (Fsp3) is 0.222. The van der Waals surface area contributed by atoms with Crippen LogP contribution in [0.1, 0.15) is 5.56 Å². The highest BCUT2D eigenvalue weighted by Crippen LogP contribution is 2.27. The van der Waals surface area contributed by atoms with E-state index >= 15 is 0 Å². The number of rotatable bonds is 9. The monoisotopic (exact) mass is 400 g/mol. The maximum atomic E-state index is 10.1. The van der Waals surface area contributed by atoms with E-state index in [4.69, 9.17) is 0 Å². The van der Waals surface area contributed by atoms with E-state index in [1.54, 1.807) is 0 Å². The van der Waals surface area contributed by atoms with Crippen LogP contribution in [0, 0.1) is 0 Å². The smallest absolute Gasteiger partial charge is 0.206 e. The number of para-hydroxylation sites is 1. The lowest BCUT2D eigenvalue weighted by molar-refractivity contribution is 0.213. The van der Waals surface area contributed by atoms with Gasteiger partial charge in [0.25, 0.3) is 0 Å². The van der Waals surface area contributed by atoms with Crippen molar-refractivity contribution in [1.82, 2.24) is 20.2 Å². The Morgan fingerprint density at radius 2 is 2.04 bits per heavy atom. The first-order valence-corrected chi connectivity index (χ1v) is 10.4. The molecule has 0 aliphatic carbocycles. The van der Waals surface area contributed by atoms with Crippen molar-refractivity contribution in [2.24, 2.45) is 0 Å². The van der Waals surface area contributed by atoms with Crippen molar-refractivity contribution in [3.05, 3.63) is 54.4 Å². The Hall–Kier alpha value is -2.49. The predicted molar refractivity (Wildman–Crippen MR) is 112 cm³/mol. The van der Waals surface area contributed by atoms with Crippen LogP contribution in [0.3, 0.4) is 0 Å². The van der Waals surface area contributed by atoms with Crippen LogP contribution in [0.25, 0.3) is 10.9 Å². The maximum absolute atomic E-state index is 10.1. The van der Waals surface area contributed by atoms with Crippen LogP contribution < -0.4 is 10.6 Å². The number of aromatic nitrogens is 4. The molecule has 1 aromatic carbocycles. The average Bonchev–Trinajstić information content (AvgIpc) is 3.44. The quantitative estimate of drug-likeness (QED) is 0.276. The molecular formula is C18H20N6OS2. The van der Waals surface area contributed by atoms with Gasteiger partial charge in [0.15, 0.2) is 4.34 Å². The molecule has 4 rings (SSSR count). The first kappa shape index (κ1) is 17.9. The number of aliphatic hydroxyl groups excluding tert-OH is 1. The predicted octanol–water partition coefficient (Wildman–Crippen LogP) is 3.52. The summed E-state index contributed by atoms with van der Waals surface area (Å²) in [5, 5.41) is 26.9. The molecule has 9 heteroatoms. The standard InChI is InChI=1S/C18H20N6OS2/c25-13(10-21-16-6-3-7-19-16)11-26-18-24-23-17(27-18)22-9-12-8-20-15-5-2-1-4-14(12)15/h1-8,13,19-21,25H,9-11H2,(H,22,23). The minimum Gasteiger partial charge on any atom is -0.390 e. The van der Waals surface area contributed by atoms with Gasteiger partial charge in [-0.3, -0.25) is 0 Å². The Morgan fingerprint density at radius 3 is 2.93 bits per heavy atom. The Balaban J connectivity index is 1.24. The van der Waals surface area contributed by atoms with Gasteiger partial charge >= 0.3 is 0 Å². The molecule has 3 aromatic heterocycles. The third kappa shape index (κ3) is 4.62. The molecule has 0 saturated heterocycles. The summed E-state index contributed by atoms with van der Waals surface area (Å²) in [6.07, 6.45) is 3.39. The van der Waals surface area contributed by atoms with Gasteiger partial charge in [0.2, 0.25) is 5.13 Å². The summed E-state index contributed by atoms with van der Waals surface area (Å²) in [7, 11) is 0. The van der Waals surface area contributed by atoms with E-state index in [0.29, 0.717) is 18.8 Å². The summed E-state index contributed by atoms with van der Waals surface area (Å²) >= 11 is 3.01. The van der Waals surface area contributed by atoms with Crippen LogP contribution in [0.15, 0.2) is 53.1 Å². The molecule has 0 aliphatic heterocycles. The number of anilines is 2. The third-order valence-corrected chi connectivity index (χ3v) is 6.20. The second-order valence-corrected chi connectivity index (χ2v) is 8.26. The van der Waals surface area contributed by atoms with Gasteiger partial charge in [0.1, 0.15) is 5.82 Å². The summed E-state index contributed by atoms with van der Waals surface area (Å²) in [6.45, 7) is 1.17. The van der Waals surface area contributed by atoms with Crippen LogP contribution in [0.4, 0.5) is 10.9 Å². The number of nitrogens with one attached hydrogen (secondary N) is 4. The second-order valence-electron chi connectivity index (χ2n) is 6.02. The van der Waals surface area contributed by atoms with Gasteiger partial charge in [0, 0.05) is 42.1 Å². The van der Waals surface area contributed by atoms with E-state index in [9.17, 15) is 5.11 Å². The molecule has 0 aliphatic rings. The number of H-pyrrole nitrogens is 2. The lowest BCUT2D eigenvalue weighted by atomic mass is 10.2. The number of hydrogen-bond acceptors (Lipinski definition) is 7. The number of benzene rings is 1. The lowest BCUT2D eigenvalue weighted by Gasteiger charge is -2.10. The highest BCUT2D eigenvalue weighted by molar-refractivity contribution is 8.01. The minimum absolute atomic E-state index is 0.468. The molecule has 0 spiro atoms. The van der Waals surface area contributed by atoms with Crippen LogP contribution in [-0.2, 0) is 6.54 Å². The molecule has 1 atom stereocenters. The molecule has 5 N–H and O–H groups in total. The zero-order valence-electron chi connectivity index (χ0n) is 14.5. The molecule has 0 radical (unpaired) electrons. The SMILES string of the molecule is OC(CNc1ccc[nH]1)CSc1nnc(NCc2c[nH]c3ccccc23)s1. The number of aromatic amines is 2. The third-order valence-electron chi connectivity index (χ3n) is 4.04. The van der Waals surface area contributed by atoms with E-state index < -0.39 is 6.10 Å². The van der Waals surface area contributed by atoms with E-state index in [-0.39, 0.29) is 0 Å². The van der Waals surface area contributed by atoms with E-state index in [1.165, 1.54) is 34.0 Å². The van der Waals surface area contributed by atoms with E-state index in [0.717, 1.165) is 20.8 Å². The number of hydrogen-bond donors (Lipinski definition) is 5. The summed E-state index contributed by atoms with van der Waals surface area (Å²) < 4.78 is 0.843. The Labute approximate surface area is 164 Å². The molecule has 3 heterocycles. The Bertz CT molecular complexity index is 981. The van der Waals surface area contributed by atoms with Crippen molar-refractivity contribution in [2.75, 3.05) is 22.9 Å². The molecule has 7 nitrogen and oxygen atoms in total. The van der Waals surface area contributed by atoms with Gasteiger partial charge in [0.05, 0.1) is 6.10 Å². The molecule has 0 bridgehead atoms. The molecule has 4 aromatic rings. The van der Waals surface area contributed by atoms with Gasteiger partial charge in [-0.15, -0.1) is 10.2 Å². The molecule has 0 saturated carbocycles. The zero-order chi connectivity index (χ0) is 18.5. The van der Waals surface area contributed by atoms with Crippen LogP contribution in [-0.4, -0.2) is 43.7 Å². The highest BCUT2D eigenvalue weighted by atomic mass is 32.2. The Morgan fingerprint density at radius 1 is 1.11 bits per heavy atom. The maximum Gasteiger partial charge on any atom is 0.206 e. The molecular weight excluding hydrogens is 380 g/mol. The summed E-state index contributed by atoms with van der Waals surface area (Å²) in [6, 6.07) is 12.1. The Kier molecular flexibility index (Phi) is 5.61. The number of aliphatic hydroxyl groups is 1. The van der Waals surface area contributed by atoms with Crippen molar-refractivity contribution < 1.29 is 5.11 Å². The minimum atomic E-state index is -0.468. The summed E-state index contributed by atoms with van der Waals surface area (Å²) in [4.78, 5) is 6.32. The largest absolute Gasteiger partial charge is 0.390 e. The summed E-state index contributed by atoms with van der Waals surface area (Å²) in [5.74, 6) is 1.46. The van der Waals surface area contributed by atoms with Crippen molar-refractivity contribution in [3.63, 3.8) is 0 Å². The molecule has 27 heavy (non-hydrogen) atoms. The van der Waals surface area contributed by atoms with Gasteiger partial charge in [-0.1, -0.05) is 41.3 Å². The average molecular weight is 401 g/mol. The molecule has 0 fully saturated rings. The number of thioether (sulfide) groups is 1. The highest BCUT2D eigenvalue weighted by Gasteiger charge is 2.10. The summed E-state index contributed by atoms with van der Waals surface area (Å²) in [5.41, 5.74) is 2.32. The van der Waals surface area contributed by atoms with Gasteiger partial charge in [-0.2, -0.15) is 0 Å². The number of fused-ring (bicyclic) bond motifs is 1. The molecule has 1 unspecified atom stereocenters. The topological polar surface area (TPSA) is 102 Å². The van der Waals surface area contributed by atoms with Gasteiger partial charge < -0.3 is 25.7 Å². The van der Waals surface area contributed by atoms with E-state index in [1.807, 2.05) is 36.7 Å². The van der Waals surface area contributed by atoms with Gasteiger partial charge in [-0.25, -0.2) is 0 Å². The van der Waals surface area contributed by atoms with E-state index in [2.05, 4.69) is 42.9 Å². The van der Waals surface area contributed by atoms with Crippen molar-refractivity contribution in [2.45, 2.75) is 17.0 Å². The fourth-order valence-corrected chi connectivity index (χ4v) is 4.38. The fourth-order valence-electron chi connectivity index (χ4n) is 2.68. The van der Waals surface area contributed by atoms with Crippen molar-refractivity contribution in [1.29, 1.82) is 0 Å². The first-order chi connectivity index (χ1) is 13.3. The van der Waals surface area contributed by atoms with Gasteiger partial charge in [-0.05, 0) is 23.8 Å². The van der Waals surface area contributed by atoms with Crippen molar-refractivity contribution in [3.8, 4) is 0 Å².